The maximum atomic E-state index is 14.4. The topological polar surface area (TPSA) is 49.0 Å². The number of likely N-dealkylation sites (N-methyl/N-ethyl adjacent to an activating group) is 1. The van der Waals surface area contributed by atoms with Gasteiger partial charge in [-0.15, -0.1) is 0 Å². The lowest BCUT2D eigenvalue weighted by Gasteiger charge is -2.23. The van der Waals surface area contributed by atoms with Crippen molar-refractivity contribution in [3.63, 3.8) is 0 Å². The van der Waals surface area contributed by atoms with Gasteiger partial charge in [-0.05, 0) is 55.8 Å². The Morgan fingerprint density at radius 3 is 2.33 bits per heavy atom. The number of hydrogen-bond acceptors (Lipinski definition) is 3. The van der Waals surface area contributed by atoms with Crippen LogP contribution in [0.15, 0.2) is 78.0 Å². The van der Waals surface area contributed by atoms with Crippen LogP contribution in [0.1, 0.15) is 41.2 Å². The van der Waals surface area contributed by atoms with Gasteiger partial charge in [-0.2, -0.15) is 5.26 Å². The molecule has 0 saturated heterocycles. The standard InChI is InChI=1S/C28H26FN3O/c1-18-16-21(19(2)32(18)25-13-9-7-11-23(25)29)27(33)20(17-30)14-15-26-28(3,4)22-10-6-8-12-24(22)31(26)5/h6-16H,1-5H3/b20-14+,26-15-. The molecule has 0 radical (unpaired) electrons. The van der Waals surface area contributed by atoms with Gasteiger partial charge in [0, 0.05) is 40.8 Å². The summed E-state index contributed by atoms with van der Waals surface area (Å²) in [6, 6.07) is 18.4. The molecule has 2 aromatic carbocycles. The van der Waals surface area contributed by atoms with Gasteiger partial charge in [-0.25, -0.2) is 4.39 Å². The molecule has 0 fully saturated rings. The quantitative estimate of drug-likeness (QED) is 0.277. The van der Waals surface area contributed by atoms with Crippen molar-refractivity contribution in [3.05, 3.63) is 106 Å². The van der Waals surface area contributed by atoms with E-state index in [1.807, 2.05) is 32.2 Å². The summed E-state index contributed by atoms with van der Waals surface area (Å²) < 4.78 is 16.1. The molecule has 0 amide bonds. The van der Waals surface area contributed by atoms with Gasteiger partial charge in [-0.1, -0.05) is 44.2 Å². The Kier molecular flexibility index (Phi) is 5.55. The van der Waals surface area contributed by atoms with Crippen molar-refractivity contribution >= 4 is 11.5 Å². The first kappa shape index (κ1) is 22.3. The van der Waals surface area contributed by atoms with Gasteiger partial charge in [-0.3, -0.25) is 4.79 Å². The van der Waals surface area contributed by atoms with Gasteiger partial charge in [0.05, 0.1) is 5.69 Å². The second kappa shape index (κ2) is 8.22. The first-order valence-corrected chi connectivity index (χ1v) is 10.8. The number of carbonyl (C=O) groups excluding carboxylic acids is 1. The van der Waals surface area contributed by atoms with Gasteiger partial charge in [0.1, 0.15) is 17.5 Å². The highest BCUT2D eigenvalue weighted by molar-refractivity contribution is 6.12. The fourth-order valence-corrected chi connectivity index (χ4v) is 4.77. The number of nitrogens with zero attached hydrogens (tertiary/aromatic N) is 3. The van der Waals surface area contributed by atoms with Crippen LogP contribution in [0.4, 0.5) is 10.1 Å². The van der Waals surface area contributed by atoms with Crippen molar-refractivity contribution in [2.75, 3.05) is 11.9 Å². The molecule has 4 nitrogen and oxygen atoms in total. The molecular weight excluding hydrogens is 413 g/mol. The average Bonchev–Trinajstić information content (AvgIpc) is 3.19. The fraction of sp³-hybridized carbons (Fsp3) is 0.214. The Morgan fingerprint density at radius 2 is 1.70 bits per heavy atom. The number of benzene rings is 2. The summed E-state index contributed by atoms with van der Waals surface area (Å²) in [7, 11) is 1.99. The molecule has 5 heteroatoms. The first-order chi connectivity index (χ1) is 15.7. The largest absolute Gasteiger partial charge is 0.347 e. The smallest absolute Gasteiger partial charge is 0.205 e. The van der Waals surface area contributed by atoms with Crippen LogP contribution in [-0.2, 0) is 5.41 Å². The van der Waals surface area contributed by atoms with E-state index >= 15 is 0 Å². The van der Waals surface area contributed by atoms with Gasteiger partial charge < -0.3 is 9.47 Å². The number of Topliss-reactive ketones (excluding diaryl/α,β-unsaturated/α-hetero) is 1. The molecular formula is C28H26FN3O. The molecule has 0 N–H and O–H groups in total. The van der Waals surface area contributed by atoms with Crippen LogP contribution in [0, 0.1) is 31.0 Å². The lowest BCUT2D eigenvalue weighted by Crippen LogP contribution is -2.22. The number of fused-ring (bicyclic) bond motifs is 1. The minimum absolute atomic E-state index is 0.0384. The number of para-hydroxylation sites is 2. The van der Waals surface area contributed by atoms with Crippen LogP contribution in [0.3, 0.4) is 0 Å². The van der Waals surface area contributed by atoms with E-state index in [0.717, 1.165) is 17.1 Å². The fourth-order valence-electron chi connectivity index (χ4n) is 4.77. The van der Waals surface area contributed by atoms with E-state index in [1.54, 1.807) is 41.8 Å². The summed E-state index contributed by atoms with van der Waals surface area (Å²) in [6.07, 6.45) is 3.45. The molecule has 0 aliphatic carbocycles. The molecule has 33 heavy (non-hydrogen) atoms. The molecule has 1 aromatic heterocycles. The van der Waals surface area contributed by atoms with Crippen LogP contribution in [0.25, 0.3) is 5.69 Å². The van der Waals surface area contributed by atoms with Crippen molar-refractivity contribution in [1.82, 2.24) is 4.57 Å². The lowest BCUT2D eigenvalue weighted by molar-refractivity contribution is 0.103. The summed E-state index contributed by atoms with van der Waals surface area (Å²) in [6.45, 7) is 7.85. The SMILES string of the molecule is Cc1cc(C(=O)/C(C#N)=C/C=C2\N(C)c3ccccc3C2(C)C)c(C)n1-c1ccccc1F. The van der Waals surface area contributed by atoms with E-state index in [4.69, 9.17) is 0 Å². The zero-order valence-corrected chi connectivity index (χ0v) is 19.5. The molecule has 166 valence electrons. The number of rotatable bonds is 4. The number of nitriles is 1. The molecule has 0 bridgehead atoms. The molecule has 1 aliphatic heterocycles. The second-order valence-corrected chi connectivity index (χ2v) is 8.85. The van der Waals surface area contributed by atoms with Crippen molar-refractivity contribution in [2.24, 2.45) is 0 Å². The van der Waals surface area contributed by atoms with Crippen molar-refractivity contribution < 1.29 is 9.18 Å². The molecule has 0 spiro atoms. The van der Waals surface area contributed by atoms with Crippen LogP contribution >= 0.6 is 0 Å². The molecule has 0 unspecified atom stereocenters. The van der Waals surface area contributed by atoms with Gasteiger partial charge in [0.2, 0.25) is 5.78 Å². The minimum Gasteiger partial charge on any atom is -0.347 e. The van der Waals surface area contributed by atoms with Gasteiger partial charge in [0.15, 0.2) is 0 Å². The van der Waals surface area contributed by atoms with E-state index in [2.05, 4.69) is 36.9 Å². The van der Waals surface area contributed by atoms with E-state index in [9.17, 15) is 14.4 Å². The van der Waals surface area contributed by atoms with E-state index in [1.165, 1.54) is 11.6 Å². The van der Waals surface area contributed by atoms with Crippen molar-refractivity contribution in [2.45, 2.75) is 33.1 Å². The van der Waals surface area contributed by atoms with Crippen molar-refractivity contribution in [1.29, 1.82) is 5.26 Å². The monoisotopic (exact) mass is 439 g/mol. The number of allylic oxidation sites excluding steroid dienone is 4. The maximum Gasteiger partial charge on any atom is 0.205 e. The van der Waals surface area contributed by atoms with Crippen molar-refractivity contribution in [3.8, 4) is 11.8 Å². The predicted octanol–water partition coefficient (Wildman–Crippen LogP) is 6.18. The van der Waals surface area contributed by atoms with Crippen LogP contribution in [0.5, 0.6) is 0 Å². The van der Waals surface area contributed by atoms with Crippen LogP contribution < -0.4 is 4.90 Å². The molecule has 1 aliphatic rings. The van der Waals surface area contributed by atoms with Crippen LogP contribution in [-0.4, -0.2) is 17.4 Å². The molecule has 3 aromatic rings. The third kappa shape index (κ3) is 3.58. The number of aryl methyl sites for hydroxylation is 1. The normalized spacial score (nSPS) is 16.1. The summed E-state index contributed by atoms with van der Waals surface area (Å²) in [5, 5.41) is 9.78. The molecule has 2 heterocycles. The van der Waals surface area contributed by atoms with E-state index in [0.29, 0.717) is 16.9 Å². The molecule has 4 rings (SSSR count). The number of aromatic nitrogens is 1. The highest BCUT2D eigenvalue weighted by Crippen LogP contribution is 2.46. The average molecular weight is 440 g/mol. The minimum atomic E-state index is -0.374. The van der Waals surface area contributed by atoms with Gasteiger partial charge in [0.25, 0.3) is 0 Å². The second-order valence-electron chi connectivity index (χ2n) is 8.85. The predicted molar refractivity (Wildman–Crippen MR) is 129 cm³/mol. The Labute approximate surface area is 193 Å². The summed E-state index contributed by atoms with van der Waals surface area (Å²) in [5.41, 5.74) is 5.19. The summed E-state index contributed by atoms with van der Waals surface area (Å²) >= 11 is 0. The highest BCUT2D eigenvalue weighted by atomic mass is 19.1. The number of halogens is 1. The lowest BCUT2D eigenvalue weighted by atomic mass is 9.83. The zero-order chi connectivity index (χ0) is 23.9. The highest BCUT2D eigenvalue weighted by Gasteiger charge is 2.37. The number of carbonyl (C=O) groups is 1. The van der Waals surface area contributed by atoms with Crippen LogP contribution in [0.2, 0.25) is 0 Å². The van der Waals surface area contributed by atoms with E-state index < -0.39 is 0 Å². The number of hydrogen-bond donors (Lipinski definition) is 0. The third-order valence-corrected chi connectivity index (χ3v) is 6.48. The summed E-state index contributed by atoms with van der Waals surface area (Å²) in [4.78, 5) is 15.4. The first-order valence-electron chi connectivity index (χ1n) is 10.8. The maximum absolute atomic E-state index is 14.4. The molecule has 0 saturated carbocycles. The third-order valence-electron chi connectivity index (χ3n) is 6.48. The Hall–Kier alpha value is -3.91. The molecule has 0 atom stereocenters. The Morgan fingerprint density at radius 1 is 1.06 bits per heavy atom. The van der Waals surface area contributed by atoms with E-state index in [-0.39, 0.29) is 22.6 Å². The Balaban J connectivity index is 1.73. The summed E-state index contributed by atoms with van der Waals surface area (Å²) in [5.74, 6) is -0.744. The Bertz CT molecular complexity index is 1370. The number of ketones is 1. The van der Waals surface area contributed by atoms with Gasteiger partial charge >= 0.3 is 0 Å². The number of anilines is 1. The zero-order valence-electron chi connectivity index (χ0n) is 19.5.